The van der Waals surface area contributed by atoms with Gasteiger partial charge < -0.3 is 10.8 Å². The Balaban J connectivity index is 2.15. The van der Waals surface area contributed by atoms with Crippen LogP contribution in [0, 0.1) is 16.7 Å². The minimum atomic E-state index is -0.513. The van der Waals surface area contributed by atoms with Crippen LogP contribution in [0.3, 0.4) is 0 Å². The van der Waals surface area contributed by atoms with Crippen molar-refractivity contribution < 1.29 is 5.11 Å². The van der Waals surface area contributed by atoms with Crippen LogP contribution in [0.1, 0.15) is 58.3 Å². The molecule has 0 spiro atoms. The summed E-state index contributed by atoms with van der Waals surface area (Å²) in [6.45, 7) is 7.47. The van der Waals surface area contributed by atoms with Gasteiger partial charge >= 0.3 is 0 Å². The molecule has 3 N–H and O–H groups in total. The van der Waals surface area contributed by atoms with Gasteiger partial charge in [-0.15, -0.1) is 0 Å². The monoisotopic (exact) mass is 279 g/mol. The van der Waals surface area contributed by atoms with Gasteiger partial charge in [-0.2, -0.15) is 5.10 Å². The number of aromatic nitrogens is 2. The van der Waals surface area contributed by atoms with E-state index in [1.54, 1.807) is 10.9 Å². The molecule has 20 heavy (non-hydrogen) atoms. The molecular weight excluding hydrogens is 250 g/mol. The average molecular weight is 279 g/mol. The topological polar surface area (TPSA) is 64.1 Å². The lowest BCUT2D eigenvalue weighted by Crippen LogP contribution is -2.42. The molecule has 4 heteroatoms. The Kier molecular flexibility index (Phi) is 4.26. The molecule has 0 amide bonds. The van der Waals surface area contributed by atoms with Gasteiger partial charge in [-0.3, -0.25) is 4.68 Å². The summed E-state index contributed by atoms with van der Waals surface area (Å²) in [5.41, 5.74) is 7.10. The molecule has 114 valence electrons. The number of hydrogen-bond acceptors (Lipinski definition) is 3. The highest BCUT2D eigenvalue weighted by Crippen LogP contribution is 2.50. The van der Waals surface area contributed by atoms with Crippen LogP contribution in [0.25, 0.3) is 0 Å². The van der Waals surface area contributed by atoms with Crippen LogP contribution < -0.4 is 5.73 Å². The third-order valence-corrected chi connectivity index (χ3v) is 5.33. The Labute approximate surface area is 122 Å². The van der Waals surface area contributed by atoms with E-state index in [1.165, 1.54) is 0 Å². The number of aliphatic hydroxyl groups is 1. The summed E-state index contributed by atoms with van der Waals surface area (Å²) >= 11 is 0. The number of hydrogen-bond donors (Lipinski definition) is 2. The van der Waals surface area contributed by atoms with Crippen LogP contribution in [0.15, 0.2) is 12.3 Å². The second kappa shape index (κ2) is 5.49. The van der Waals surface area contributed by atoms with Gasteiger partial charge in [0.15, 0.2) is 0 Å². The fourth-order valence-electron chi connectivity index (χ4n) is 3.61. The number of aryl methyl sites for hydroxylation is 1. The zero-order chi connectivity index (χ0) is 15.0. The summed E-state index contributed by atoms with van der Waals surface area (Å²) < 4.78 is 1.76. The summed E-state index contributed by atoms with van der Waals surface area (Å²) in [4.78, 5) is 0. The lowest BCUT2D eigenvalue weighted by Gasteiger charge is -2.45. The van der Waals surface area contributed by atoms with Crippen molar-refractivity contribution in [1.29, 1.82) is 0 Å². The quantitative estimate of drug-likeness (QED) is 0.894. The standard InChI is InChI=1S/C16H29N3O/c1-15(2,3)12-5-8-16(11-17,9-6-12)14(20)13-7-10-18-19(13)4/h7,10,12,14,20H,5-6,8-9,11,17H2,1-4H3. The van der Waals surface area contributed by atoms with Crippen LogP contribution in [-0.4, -0.2) is 21.4 Å². The second-order valence-corrected chi connectivity index (χ2v) is 7.49. The Morgan fingerprint density at radius 3 is 2.45 bits per heavy atom. The first-order chi connectivity index (χ1) is 9.30. The van der Waals surface area contributed by atoms with Crippen molar-refractivity contribution >= 4 is 0 Å². The summed E-state index contributed by atoms with van der Waals surface area (Å²) in [7, 11) is 1.88. The molecule has 1 heterocycles. The van der Waals surface area contributed by atoms with E-state index < -0.39 is 6.10 Å². The molecule has 1 aliphatic rings. The first-order valence-electron chi connectivity index (χ1n) is 7.66. The molecule has 0 saturated heterocycles. The summed E-state index contributed by atoms with van der Waals surface area (Å²) in [6, 6.07) is 1.90. The van der Waals surface area contributed by atoms with Gasteiger partial charge in [-0.05, 0) is 43.1 Å². The molecule has 1 fully saturated rings. The van der Waals surface area contributed by atoms with E-state index in [9.17, 15) is 5.11 Å². The second-order valence-electron chi connectivity index (χ2n) is 7.49. The van der Waals surface area contributed by atoms with Crippen molar-refractivity contribution in [3.8, 4) is 0 Å². The van der Waals surface area contributed by atoms with E-state index in [0.29, 0.717) is 12.0 Å². The molecule has 1 aromatic rings. The zero-order valence-corrected chi connectivity index (χ0v) is 13.3. The van der Waals surface area contributed by atoms with Gasteiger partial charge in [0.2, 0.25) is 0 Å². The number of nitrogens with two attached hydrogens (primary N) is 1. The number of nitrogens with zero attached hydrogens (tertiary/aromatic N) is 2. The summed E-state index contributed by atoms with van der Waals surface area (Å²) in [6.07, 6.45) is 5.52. The minimum Gasteiger partial charge on any atom is -0.386 e. The van der Waals surface area contributed by atoms with Crippen LogP contribution >= 0.6 is 0 Å². The molecule has 0 bridgehead atoms. The summed E-state index contributed by atoms with van der Waals surface area (Å²) in [5, 5.41) is 15.0. The highest BCUT2D eigenvalue weighted by molar-refractivity contribution is 5.10. The van der Waals surface area contributed by atoms with Gasteiger partial charge in [-0.25, -0.2) is 0 Å². The fourth-order valence-corrected chi connectivity index (χ4v) is 3.61. The summed E-state index contributed by atoms with van der Waals surface area (Å²) in [5.74, 6) is 0.723. The van der Waals surface area contributed by atoms with Crippen LogP contribution in [0.2, 0.25) is 0 Å². The largest absolute Gasteiger partial charge is 0.386 e. The molecule has 0 aliphatic heterocycles. The smallest absolute Gasteiger partial charge is 0.102 e. The molecular formula is C16H29N3O. The van der Waals surface area contributed by atoms with Crippen molar-refractivity contribution in [1.82, 2.24) is 9.78 Å². The van der Waals surface area contributed by atoms with Crippen molar-refractivity contribution in [2.75, 3.05) is 6.54 Å². The highest BCUT2D eigenvalue weighted by Gasteiger charge is 2.43. The zero-order valence-electron chi connectivity index (χ0n) is 13.3. The van der Waals surface area contributed by atoms with Crippen molar-refractivity contribution in [2.45, 2.75) is 52.6 Å². The Morgan fingerprint density at radius 2 is 2.05 bits per heavy atom. The SMILES string of the molecule is Cn1nccc1C(O)C1(CN)CCC(C(C)(C)C)CC1. The van der Waals surface area contributed by atoms with Gasteiger partial charge in [0, 0.05) is 25.2 Å². The average Bonchev–Trinajstić information content (AvgIpc) is 2.83. The maximum absolute atomic E-state index is 10.8. The molecule has 0 radical (unpaired) electrons. The van der Waals surface area contributed by atoms with Crippen molar-refractivity contribution in [3.05, 3.63) is 18.0 Å². The number of aliphatic hydroxyl groups excluding tert-OH is 1. The lowest BCUT2D eigenvalue weighted by atomic mass is 9.62. The predicted molar refractivity (Wildman–Crippen MR) is 81.1 cm³/mol. The van der Waals surface area contributed by atoms with Crippen molar-refractivity contribution in [3.63, 3.8) is 0 Å². The lowest BCUT2D eigenvalue weighted by molar-refractivity contribution is -0.0275. The van der Waals surface area contributed by atoms with Gasteiger partial charge in [0.25, 0.3) is 0 Å². The normalized spacial score (nSPS) is 29.4. The molecule has 1 aliphatic carbocycles. The van der Waals surface area contributed by atoms with Crippen LogP contribution in [-0.2, 0) is 7.05 Å². The fraction of sp³-hybridized carbons (Fsp3) is 0.812. The molecule has 4 nitrogen and oxygen atoms in total. The molecule has 2 rings (SSSR count). The third kappa shape index (κ3) is 2.77. The Hall–Kier alpha value is -0.870. The van der Waals surface area contributed by atoms with E-state index in [2.05, 4.69) is 25.9 Å². The van der Waals surface area contributed by atoms with E-state index in [4.69, 9.17) is 5.73 Å². The Morgan fingerprint density at radius 1 is 1.45 bits per heavy atom. The van der Waals surface area contributed by atoms with E-state index in [0.717, 1.165) is 37.3 Å². The predicted octanol–water partition coefficient (Wildman–Crippen LogP) is 2.63. The molecule has 1 unspecified atom stereocenters. The third-order valence-electron chi connectivity index (χ3n) is 5.33. The van der Waals surface area contributed by atoms with E-state index in [-0.39, 0.29) is 5.41 Å². The van der Waals surface area contributed by atoms with Crippen LogP contribution in [0.4, 0.5) is 0 Å². The van der Waals surface area contributed by atoms with E-state index in [1.807, 2.05) is 13.1 Å². The molecule has 1 aromatic heterocycles. The van der Waals surface area contributed by atoms with Gasteiger partial charge in [-0.1, -0.05) is 20.8 Å². The first kappa shape index (κ1) is 15.5. The highest BCUT2D eigenvalue weighted by atomic mass is 16.3. The Bertz CT molecular complexity index is 439. The van der Waals surface area contributed by atoms with E-state index >= 15 is 0 Å². The molecule has 0 aromatic carbocycles. The van der Waals surface area contributed by atoms with Crippen LogP contribution in [0.5, 0.6) is 0 Å². The minimum absolute atomic E-state index is 0.185. The maximum atomic E-state index is 10.8. The maximum Gasteiger partial charge on any atom is 0.102 e. The van der Waals surface area contributed by atoms with Crippen molar-refractivity contribution in [2.24, 2.45) is 29.5 Å². The first-order valence-corrected chi connectivity index (χ1v) is 7.66. The number of rotatable bonds is 3. The van der Waals surface area contributed by atoms with Gasteiger partial charge in [0.1, 0.15) is 6.10 Å². The molecule has 1 saturated carbocycles. The van der Waals surface area contributed by atoms with Gasteiger partial charge in [0.05, 0.1) is 5.69 Å². The molecule has 1 atom stereocenters.